The predicted octanol–water partition coefficient (Wildman–Crippen LogP) is 1.55. The molecule has 2 amide bonds. The third-order valence-electron chi connectivity index (χ3n) is 5.43. The van der Waals surface area contributed by atoms with E-state index in [0.29, 0.717) is 36.2 Å². The second-order valence-electron chi connectivity index (χ2n) is 7.28. The van der Waals surface area contributed by atoms with E-state index in [9.17, 15) is 9.59 Å². The van der Waals surface area contributed by atoms with Gasteiger partial charge in [-0.3, -0.25) is 14.0 Å². The van der Waals surface area contributed by atoms with E-state index in [-0.39, 0.29) is 17.2 Å². The summed E-state index contributed by atoms with van der Waals surface area (Å²) in [6.45, 7) is 2.38. The van der Waals surface area contributed by atoms with Crippen molar-refractivity contribution in [1.82, 2.24) is 24.6 Å². The number of aromatic nitrogens is 3. The summed E-state index contributed by atoms with van der Waals surface area (Å²) < 4.78 is 6.97. The van der Waals surface area contributed by atoms with E-state index in [4.69, 9.17) is 10.2 Å². The normalized spacial score (nSPS) is 15.1. The molecule has 9 nitrogen and oxygen atoms in total. The first kappa shape index (κ1) is 19.1. The number of rotatable bonds is 6. The molecule has 0 spiro atoms. The van der Waals surface area contributed by atoms with Crippen molar-refractivity contribution in [3.63, 3.8) is 0 Å². The van der Waals surface area contributed by atoms with Gasteiger partial charge in [0.05, 0.1) is 6.26 Å². The molecule has 0 bridgehead atoms. The molecule has 1 aliphatic rings. The number of hydrogen-bond donors (Lipinski definition) is 2. The lowest BCUT2D eigenvalue weighted by atomic mass is 9.93. The maximum atomic E-state index is 13.3. The van der Waals surface area contributed by atoms with Crippen LogP contribution in [0.25, 0.3) is 17.1 Å². The molecule has 9 heteroatoms. The minimum Gasteiger partial charge on any atom is -0.463 e. The monoisotopic (exact) mass is 396 g/mol. The lowest BCUT2D eigenvalue weighted by Gasteiger charge is -2.32. The SMILES string of the molecule is CNCCC1CCN(C(=O)c2cc(-c3ccco3)nc3c(C(N)=O)ncn23)CC1. The van der Waals surface area contributed by atoms with E-state index in [1.54, 1.807) is 18.2 Å². The number of carbonyl (C=O) groups is 2. The van der Waals surface area contributed by atoms with E-state index in [1.165, 1.54) is 17.0 Å². The van der Waals surface area contributed by atoms with Crippen molar-refractivity contribution in [1.29, 1.82) is 0 Å². The van der Waals surface area contributed by atoms with Crippen molar-refractivity contribution in [3.8, 4) is 11.5 Å². The number of fused-ring (bicyclic) bond motifs is 1. The Morgan fingerprint density at radius 1 is 1.34 bits per heavy atom. The first-order valence-electron chi connectivity index (χ1n) is 9.74. The van der Waals surface area contributed by atoms with E-state index < -0.39 is 5.91 Å². The minimum atomic E-state index is -0.694. The smallest absolute Gasteiger partial charge is 0.271 e. The van der Waals surface area contributed by atoms with Gasteiger partial charge in [0.1, 0.15) is 17.7 Å². The molecule has 0 aliphatic carbocycles. The maximum absolute atomic E-state index is 13.3. The first-order chi connectivity index (χ1) is 14.1. The lowest BCUT2D eigenvalue weighted by Crippen LogP contribution is -2.39. The fourth-order valence-corrected chi connectivity index (χ4v) is 3.79. The Bertz CT molecular complexity index is 1020. The Morgan fingerprint density at radius 2 is 2.14 bits per heavy atom. The summed E-state index contributed by atoms with van der Waals surface area (Å²) in [7, 11) is 1.95. The molecule has 0 radical (unpaired) electrons. The van der Waals surface area contributed by atoms with Crippen LogP contribution in [0, 0.1) is 5.92 Å². The zero-order chi connectivity index (χ0) is 20.4. The minimum absolute atomic E-state index is 0.0261. The highest BCUT2D eigenvalue weighted by Crippen LogP contribution is 2.25. The van der Waals surface area contributed by atoms with Crippen molar-refractivity contribution in [2.24, 2.45) is 11.7 Å². The Morgan fingerprint density at radius 3 is 2.79 bits per heavy atom. The third kappa shape index (κ3) is 3.73. The molecule has 3 N–H and O–H groups in total. The Hall–Kier alpha value is -3.20. The Kier molecular flexibility index (Phi) is 5.30. The first-order valence-corrected chi connectivity index (χ1v) is 9.74. The number of carbonyl (C=O) groups excluding carboxylic acids is 2. The van der Waals surface area contributed by atoms with E-state index in [1.807, 2.05) is 11.9 Å². The second-order valence-corrected chi connectivity index (χ2v) is 7.28. The summed E-state index contributed by atoms with van der Waals surface area (Å²) in [4.78, 5) is 35.5. The molecule has 152 valence electrons. The number of amides is 2. The summed E-state index contributed by atoms with van der Waals surface area (Å²) in [5.41, 5.74) is 6.55. The van der Waals surface area contributed by atoms with Crippen LogP contribution in [0.1, 0.15) is 40.2 Å². The van der Waals surface area contributed by atoms with Gasteiger partial charge in [0.25, 0.3) is 11.8 Å². The number of nitrogens with zero attached hydrogens (tertiary/aromatic N) is 4. The van der Waals surface area contributed by atoms with Crippen molar-refractivity contribution < 1.29 is 14.0 Å². The highest BCUT2D eigenvalue weighted by molar-refractivity contribution is 5.99. The summed E-state index contributed by atoms with van der Waals surface area (Å²) in [5.74, 6) is 0.312. The van der Waals surface area contributed by atoms with Crippen LogP contribution in [0.3, 0.4) is 0 Å². The predicted molar refractivity (Wildman–Crippen MR) is 106 cm³/mol. The van der Waals surface area contributed by atoms with Gasteiger partial charge in [0, 0.05) is 13.1 Å². The average Bonchev–Trinajstić information content (AvgIpc) is 3.41. The summed E-state index contributed by atoms with van der Waals surface area (Å²) in [6.07, 6.45) is 6.02. The standard InChI is InChI=1S/C20H24N6O3/c1-22-7-4-13-5-8-25(9-6-13)20(28)15-11-14(16-3-2-10-29-16)24-19-17(18(21)27)23-12-26(15)19/h2-3,10-13,22H,4-9H2,1H3,(H2,21,27). The summed E-state index contributed by atoms with van der Waals surface area (Å²) in [5, 5.41) is 3.18. The number of piperidine rings is 1. The van der Waals surface area contributed by atoms with E-state index in [2.05, 4.69) is 15.3 Å². The van der Waals surface area contributed by atoms with Gasteiger partial charge in [0.2, 0.25) is 0 Å². The number of likely N-dealkylation sites (tertiary alicyclic amines) is 1. The molecular formula is C20H24N6O3. The van der Waals surface area contributed by atoms with E-state index >= 15 is 0 Å². The number of imidazole rings is 1. The van der Waals surface area contributed by atoms with Gasteiger partial charge in [-0.2, -0.15) is 0 Å². The lowest BCUT2D eigenvalue weighted by molar-refractivity contribution is 0.0679. The topological polar surface area (TPSA) is 119 Å². The number of primary amides is 1. The van der Waals surface area contributed by atoms with Gasteiger partial charge in [-0.25, -0.2) is 9.97 Å². The highest BCUT2D eigenvalue weighted by Gasteiger charge is 2.27. The van der Waals surface area contributed by atoms with Crippen molar-refractivity contribution in [2.45, 2.75) is 19.3 Å². The number of hydrogen-bond acceptors (Lipinski definition) is 6. The quantitative estimate of drug-likeness (QED) is 0.652. The Balaban J connectivity index is 1.67. The molecular weight excluding hydrogens is 372 g/mol. The molecule has 0 atom stereocenters. The molecule has 3 aromatic rings. The summed E-state index contributed by atoms with van der Waals surface area (Å²) >= 11 is 0. The van der Waals surface area contributed by atoms with Crippen molar-refractivity contribution in [3.05, 3.63) is 42.2 Å². The van der Waals surface area contributed by atoms with Gasteiger partial charge >= 0.3 is 0 Å². The van der Waals surface area contributed by atoms with E-state index in [0.717, 1.165) is 25.8 Å². The molecule has 4 rings (SSSR count). The molecule has 0 aromatic carbocycles. The number of nitrogens with two attached hydrogens (primary N) is 1. The second kappa shape index (κ2) is 8.04. The van der Waals surface area contributed by atoms with Crippen molar-refractivity contribution in [2.75, 3.05) is 26.7 Å². The molecule has 1 aliphatic heterocycles. The van der Waals surface area contributed by atoms with Crippen LogP contribution in [0.4, 0.5) is 0 Å². The van der Waals surface area contributed by atoms with Crippen molar-refractivity contribution >= 4 is 17.5 Å². The number of furan rings is 1. The van der Waals surface area contributed by atoms with Crippen LogP contribution >= 0.6 is 0 Å². The summed E-state index contributed by atoms with van der Waals surface area (Å²) in [6, 6.07) is 5.17. The number of nitrogens with one attached hydrogen (secondary N) is 1. The van der Waals surface area contributed by atoms with Crippen LogP contribution in [0.5, 0.6) is 0 Å². The Labute approximate surface area is 167 Å². The zero-order valence-electron chi connectivity index (χ0n) is 16.3. The van der Waals surface area contributed by atoms with Crippen LogP contribution < -0.4 is 11.1 Å². The maximum Gasteiger partial charge on any atom is 0.271 e. The molecule has 4 heterocycles. The van der Waals surface area contributed by atoms with Crippen LogP contribution in [0.2, 0.25) is 0 Å². The van der Waals surface area contributed by atoms with Gasteiger partial charge in [-0.1, -0.05) is 0 Å². The molecule has 29 heavy (non-hydrogen) atoms. The molecule has 1 fully saturated rings. The van der Waals surface area contributed by atoms with Crippen LogP contribution in [-0.2, 0) is 0 Å². The molecule has 1 saturated heterocycles. The fourth-order valence-electron chi connectivity index (χ4n) is 3.79. The van der Waals surface area contributed by atoms with Gasteiger partial charge in [0.15, 0.2) is 17.1 Å². The largest absolute Gasteiger partial charge is 0.463 e. The highest BCUT2D eigenvalue weighted by atomic mass is 16.3. The van der Waals surface area contributed by atoms with Gasteiger partial charge < -0.3 is 20.4 Å². The molecule has 3 aromatic heterocycles. The third-order valence-corrected chi connectivity index (χ3v) is 5.43. The van der Waals surface area contributed by atoms with Crippen LogP contribution in [-0.4, -0.2) is 57.8 Å². The molecule has 0 unspecified atom stereocenters. The fraction of sp³-hybridized carbons (Fsp3) is 0.400. The molecule has 0 saturated carbocycles. The van der Waals surface area contributed by atoms with Gasteiger partial charge in [-0.15, -0.1) is 0 Å². The zero-order valence-corrected chi connectivity index (χ0v) is 16.3. The average molecular weight is 396 g/mol. The van der Waals surface area contributed by atoms with Gasteiger partial charge in [-0.05, 0) is 57.0 Å². The van der Waals surface area contributed by atoms with Crippen LogP contribution in [0.15, 0.2) is 35.2 Å².